The van der Waals surface area contributed by atoms with E-state index in [1.807, 2.05) is 6.07 Å². The Bertz CT molecular complexity index is 450. The third-order valence-corrected chi connectivity index (χ3v) is 3.72. The molecule has 0 aliphatic carbocycles. The van der Waals surface area contributed by atoms with E-state index >= 15 is 0 Å². The highest BCUT2D eigenvalue weighted by atomic mass is 16.5. The van der Waals surface area contributed by atoms with Gasteiger partial charge in [-0.1, -0.05) is 6.92 Å². The molecule has 1 aromatic rings. The number of carbonyl (C=O) groups is 1. The predicted octanol–water partition coefficient (Wildman–Crippen LogP) is 1.43. The van der Waals surface area contributed by atoms with E-state index in [4.69, 9.17) is 10.5 Å². The molecule has 2 rings (SSSR count). The SMILES string of the molecule is COC(=O)c1cc(N2CCC(C)CC2CN)ccn1. The van der Waals surface area contributed by atoms with Crippen LogP contribution in [-0.2, 0) is 4.74 Å². The van der Waals surface area contributed by atoms with Crippen LogP contribution in [0.3, 0.4) is 0 Å². The molecule has 2 atom stereocenters. The molecular formula is C14H21N3O2. The van der Waals surface area contributed by atoms with E-state index in [1.165, 1.54) is 7.11 Å². The highest BCUT2D eigenvalue weighted by Gasteiger charge is 2.26. The molecule has 19 heavy (non-hydrogen) atoms. The van der Waals surface area contributed by atoms with Gasteiger partial charge in [0.05, 0.1) is 7.11 Å². The van der Waals surface area contributed by atoms with Crippen LogP contribution in [0.15, 0.2) is 18.3 Å². The lowest BCUT2D eigenvalue weighted by atomic mass is 9.92. The van der Waals surface area contributed by atoms with Gasteiger partial charge in [0.2, 0.25) is 0 Å². The number of nitrogens with zero attached hydrogens (tertiary/aromatic N) is 2. The summed E-state index contributed by atoms with van der Waals surface area (Å²) in [5, 5.41) is 0. The van der Waals surface area contributed by atoms with Crippen LogP contribution in [0.5, 0.6) is 0 Å². The van der Waals surface area contributed by atoms with Crippen LogP contribution in [0.4, 0.5) is 5.69 Å². The Morgan fingerprint density at radius 2 is 2.42 bits per heavy atom. The van der Waals surface area contributed by atoms with Crippen molar-refractivity contribution in [2.75, 3.05) is 25.1 Å². The summed E-state index contributed by atoms with van der Waals surface area (Å²) < 4.78 is 4.70. The first-order valence-electron chi connectivity index (χ1n) is 6.66. The van der Waals surface area contributed by atoms with Crippen molar-refractivity contribution in [3.05, 3.63) is 24.0 Å². The number of aromatic nitrogens is 1. The van der Waals surface area contributed by atoms with Gasteiger partial charge < -0.3 is 15.4 Å². The standard InChI is InChI=1S/C14H21N3O2/c1-10-4-6-17(12(7-10)9-15)11-3-5-16-13(8-11)14(18)19-2/h3,5,8,10,12H,4,6-7,9,15H2,1-2H3. The number of hydrogen-bond acceptors (Lipinski definition) is 5. The summed E-state index contributed by atoms with van der Waals surface area (Å²) in [4.78, 5) is 17.8. The van der Waals surface area contributed by atoms with Gasteiger partial charge in [0.15, 0.2) is 0 Å². The molecule has 2 N–H and O–H groups in total. The lowest BCUT2D eigenvalue weighted by Gasteiger charge is -2.39. The summed E-state index contributed by atoms with van der Waals surface area (Å²) in [7, 11) is 1.36. The van der Waals surface area contributed by atoms with E-state index in [0.29, 0.717) is 24.2 Å². The molecule has 0 bridgehead atoms. The maximum absolute atomic E-state index is 11.5. The Morgan fingerprint density at radius 1 is 1.63 bits per heavy atom. The van der Waals surface area contributed by atoms with Crippen molar-refractivity contribution in [2.24, 2.45) is 11.7 Å². The van der Waals surface area contributed by atoms with Crippen molar-refractivity contribution in [1.82, 2.24) is 4.98 Å². The summed E-state index contributed by atoms with van der Waals surface area (Å²) in [5.41, 5.74) is 7.21. The van der Waals surface area contributed by atoms with Crippen LogP contribution in [0.2, 0.25) is 0 Å². The van der Waals surface area contributed by atoms with Crippen molar-refractivity contribution < 1.29 is 9.53 Å². The Balaban J connectivity index is 2.23. The highest BCUT2D eigenvalue weighted by molar-refractivity contribution is 5.88. The second kappa shape index (κ2) is 6.02. The molecular weight excluding hydrogens is 242 g/mol. The van der Waals surface area contributed by atoms with Gasteiger partial charge in [-0.2, -0.15) is 0 Å². The van der Waals surface area contributed by atoms with Crippen LogP contribution in [0, 0.1) is 5.92 Å². The number of carbonyl (C=O) groups excluding carboxylic acids is 1. The van der Waals surface area contributed by atoms with E-state index < -0.39 is 5.97 Å². The monoisotopic (exact) mass is 263 g/mol. The average Bonchev–Trinajstić information content (AvgIpc) is 2.46. The number of piperidine rings is 1. The largest absolute Gasteiger partial charge is 0.464 e. The molecule has 0 radical (unpaired) electrons. The number of pyridine rings is 1. The Labute approximate surface area is 113 Å². The minimum absolute atomic E-state index is 0.330. The molecule has 0 spiro atoms. The maximum atomic E-state index is 11.5. The number of methoxy groups -OCH3 is 1. The van der Waals surface area contributed by atoms with Gasteiger partial charge in [-0.3, -0.25) is 0 Å². The highest BCUT2D eigenvalue weighted by Crippen LogP contribution is 2.27. The van der Waals surface area contributed by atoms with Crippen molar-refractivity contribution in [1.29, 1.82) is 0 Å². The number of ether oxygens (including phenoxy) is 1. The normalized spacial score (nSPS) is 23.2. The van der Waals surface area contributed by atoms with Crippen molar-refractivity contribution in [3.63, 3.8) is 0 Å². The molecule has 1 fully saturated rings. The maximum Gasteiger partial charge on any atom is 0.356 e. The molecule has 2 unspecified atom stereocenters. The lowest BCUT2D eigenvalue weighted by molar-refractivity contribution is 0.0594. The first kappa shape index (κ1) is 13.8. The molecule has 0 saturated carbocycles. The molecule has 1 aliphatic rings. The molecule has 0 aromatic carbocycles. The van der Waals surface area contributed by atoms with E-state index in [1.54, 1.807) is 12.3 Å². The van der Waals surface area contributed by atoms with Crippen LogP contribution < -0.4 is 10.6 Å². The Morgan fingerprint density at radius 3 is 3.11 bits per heavy atom. The van der Waals surface area contributed by atoms with Gasteiger partial charge >= 0.3 is 5.97 Å². The minimum Gasteiger partial charge on any atom is -0.464 e. The van der Waals surface area contributed by atoms with Crippen molar-refractivity contribution >= 4 is 11.7 Å². The third kappa shape index (κ3) is 3.04. The van der Waals surface area contributed by atoms with Crippen LogP contribution >= 0.6 is 0 Å². The number of esters is 1. The topological polar surface area (TPSA) is 68.5 Å². The Hall–Kier alpha value is -1.62. The smallest absolute Gasteiger partial charge is 0.356 e. The fraction of sp³-hybridized carbons (Fsp3) is 0.571. The first-order valence-corrected chi connectivity index (χ1v) is 6.66. The predicted molar refractivity (Wildman–Crippen MR) is 74.2 cm³/mol. The zero-order chi connectivity index (χ0) is 13.8. The molecule has 5 nitrogen and oxygen atoms in total. The van der Waals surface area contributed by atoms with E-state index in [9.17, 15) is 4.79 Å². The number of rotatable bonds is 3. The van der Waals surface area contributed by atoms with Crippen LogP contribution in [0.25, 0.3) is 0 Å². The average molecular weight is 263 g/mol. The van der Waals surface area contributed by atoms with Gasteiger partial charge in [-0.25, -0.2) is 9.78 Å². The zero-order valence-corrected chi connectivity index (χ0v) is 11.5. The molecule has 2 heterocycles. The van der Waals surface area contributed by atoms with Gasteiger partial charge in [-0.05, 0) is 30.9 Å². The van der Waals surface area contributed by atoms with Crippen LogP contribution in [0.1, 0.15) is 30.3 Å². The molecule has 104 valence electrons. The molecule has 1 saturated heterocycles. The quantitative estimate of drug-likeness (QED) is 0.836. The zero-order valence-electron chi connectivity index (χ0n) is 11.5. The van der Waals surface area contributed by atoms with Gasteiger partial charge in [0, 0.05) is 31.0 Å². The minimum atomic E-state index is -0.406. The molecule has 0 amide bonds. The fourth-order valence-corrected chi connectivity index (χ4v) is 2.63. The fourth-order valence-electron chi connectivity index (χ4n) is 2.63. The lowest BCUT2D eigenvalue weighted by Crippen LogP contribution is -2.46. The molecule has 1 aromatic heterocycles. The third-order valence-electron chi connectivity index (χ3n) is 3.72. The van der Waals surface area contributed by atoms with E-state index in [-0.39, 0.29) is 0 Å². The van der Waals surface area contributed by atoms with Gasteiger partial charge in [0.1, 0.15) is 5.69 Å². The van der Waals surface area contributed by atoms with Crippen molar-refractivity contribution in [3.8, 4) is 0 Å². The summed E-state index contributed by atoms with van der Waals surface area (Å²) >= 11 is 0. The summed E-state index contributed by atoms with van der Waals surface area (Å²) in [5.74, 6) is 0.295. The van der Waals surface area contributed by atoms with E-state index in [0.717, 1.165) is 25.1 Å². The second-order valence-electron chi connectivity index (χ2n) is 5.10. The number of nitrogens with two attached hydrogens (primary N) is 1. The van der Waals surface area contributed by atoms with E-state index in [2.05, 4.69) is 16.8 Å². The molecule has 1 aliphatic heterocycles. The molecule has 5 heteroatoms. The Kier molecular flexibility index (Phi) is 4.37. The van der Waals surface area contributed by atoms with Crippen molar-refractivity contribution in [2.45, 2.75) is 25.8 Å². The summed E-state index contributed by atoms with van der Waals surface area (Å²) in [6.07, 6.45) is 3.88. The summed E-state index contributed by atoms with van der Waals surface area (Å²) in [6, 6.07) is 4.03. The van der Waals surface area contributed by atoms with Gasteiger partial charge in [0.25, 0.3) is 0 Å². The second-order valence-corrected chi connectivity index (χ2v) is 5.10. The first-order chi connectivity index (χ1) is 9.15. The number of anilines is 1. The summed E-state index contributed by atoms with van der Waals surface area (Å²) in [6.45, 7) is 3.85. The van der Waals surface area contributed by atoms with Gasteiger partial charge in [-0.15, -0.1) is 0 Å². The van der Waals surface area contributed by atoms with Crippen LogP contribution in [-0.4, -0.2) is 37.2 Å². The number of hydrogen-bond donors (Lipinski definition) is 1.